The van der Waals surface area contributed by atoms with E-state index in [-0.39, 0.29) is 11.5 Å². The van der Waals surface area contributed by atoms with Crippen molar-refractivity contribution >= 4 is 15.6 Å². The SMILES string of the molecule is CCCCCCCCC(=O)CCCS(C)(=O)=O. The van der Waals surface area contributed by atoms with E-state index in [1.165, 1.54) is 31.9 Å². The van der Waals surface area contributed by atoms with Crippen molar-refractivity contribution in [1.29, 1.82) is 0 Å². The molecule has 0 N–H and O–H groups in total. The summed E-state index contributed by atoms with van der Waals surface area (Å²) in [5, 5.41) is 0. The van der Waals surface area contributed by atoms with E-state index in [1.807, 2.05) is 0 Å². The molecular formula is C13H26O3S. The van der Waals surface area contributed by atoms with Gasteiger partial charge in [0, 0.05) is 19.1 Å². The molecule has 0 aromatic rings. The van der Waals surface area contributed by atoms with E-state index in [4.69, 9.17) is 0 Å². The monoisotopic (exact) mass is 262 g/mol. The van der Waals surface area contributed by atoms with Crippen molar-refractivity contribution in [3.8, 4) is 0 Å². The van der Waals surface area contributed by atoms with Crippen LogP contribution in [0.4, 0.5) is 0 Å². The van der Waals surface area contributed by atoms with Crippen LogP contribution in [0.2, 0.25) is 0 Å². The van der Waals surface area contributed by atoms with Crippen molar-refractivity contribution < 1.29 is 13.2 Å². The highest BCUT2D eigenvalue weighted by molar-refractivity contribution is 7.90. The smallest absolute Gasteiger partial charge is 0.147 e. The Bertz CT molecular complexity index is 294. The summed E-state index contributed by atoms with van der Waals surface area (Å²) in [4.78, 5) is 11.4. The molecule has 0 amide bonds. The highest BCUT2D eigenvalue weighted by Gasteiger charge is 2.05. The van der Waals surface area contributed by atoms with Crippen LogP contribution < -0.4 is 0 Å². The van der Waals surface area contributed by atoms with E-state index in [0.717, 1.165) is 12.8 Å². The normalized spacial score (nSPS) is 11.6. The largest absolute Gasteiger partial charge is 0.300 e. The number of sulfone groups is 1. The van der Waals surface area contributed by atoms with E-state index >= 15 is 0 Å². The van der Waals surface area contributed by atoms with Crippen molar-refractivity contribution in [1.82, 2.24) is 0 Å². The summed E-state index contributed by atoms with van der Waals surface area (Å²) >= 11 is 0. The van der Waals surface area contributed by atoms with Gasteiger partial charge in [0.1, 0.15) is 15.6 Å². The lowest BCUT2D eigenvalue weighted by atomic mass is 10.1. The second kappa shape index (κ2) is 9.63. The molecule has 102 valence electrons. The molecule has 4 heteroatoms. The minimum absolute atomic E-state index is 0.134. The molecule has 0 bridgehead atoms. The first-order valence-corrected chi connectivity index (χ1v) is 8.71. The van der Waals surface area contributed by atoms with E-state index in [0.29, 0.717) is 19.3 Å². The summed E-state index contributed by atoms with van der Waals surface area (Å²) in [5.41, 5.74) is 0. The number of carbonyl (C=O) groups excluding carboxylic acids is 1. The van der Waals surface area contributed by atoms with E-state index in [1.54, 1.807) is 0 Å². The van der Waals surface area contributed by atoms with Crippen LogP contribution in [-0.4, -0.2) is 26.2 Å². The second-order valence-corrected chi connectivity index (χ2v) is 7.05. The number of hydrogen-bond donors (Lipinski definition) is 0. The fraction of sp³-hybridized carbons (Fsp3) is 0.923. The number of ketones is 1. The van der Waals surface area contributed by atoms with Gasteiger partial charge >= 0.3 is 0 Å². The quantitative estimate of drug-likeness (QED) is 0.537. The molecule has 17 heavy (non-hydrogen) atoms. The standard InChI is InChI=1S/C13H26O3S/c1-3-4-5-6-7-8-10-13(14)11-9-12-17(2,15)16/h3-12H2,1-2H3. The van der Waals surface area contributed by atoms with Crippen molar-refractivity contribution in [3.05, 3.63) is 0 Å². The summed E-state index contributed by atoms with van der Waals surface area (Å²) in [6.45, 7) is 2.19. The first-order valence-electron chi connectivity index (χ1n) is 6.65. The molecule has 3 nitrogen and oxygen atoms in total. The Balaban J connectivity index is 3.35. The van der Waals surface area contributed by atoms with Crippen LogP contribution in [0.25, 0.3) is 0 Å². The maximum Gasteiger partial charge on any atom is 0.147 e. The fourth-order valence-electron chi connectivity index (χ4n) is 1.76. The Morgan fingerprint density at radius 2 is 1.41 bits per heavy atom. The van der Waals surface area contributed by atoms with Gasteiger partial charge in [-0.25, -0.2) is 8.42 Å². The van der Waals surface area contributed by atoms with Crippen LogP contribution in [0, 0.1) is 0 Å². The van der Waals surface area contributed by atoms with E-state index in [9.17, 15) is 13.2 Å². The molecule has 0 aromatic carbocycles. The van der Waals surface area contributed by atoms with Gasteiger partial charge in [0.2, 0.25) is 0 Å². The van der Waals surface area contributed by atoms with Gasteiger partial charge in [-0.1, -0.05) is 39.0 Å². The van der Waals surface area contributed by atoms with Crippen LogP contribution in [0.3, 0.4) is 0 Å². The van der Waals surface area contributed by atoms with Gasteiger partial charge in [-0.3, -0.25) is 4.79 Å². The van der Waals surface area contributed by atoms with Crippen LogP contribution in [0.1, 0.15) is 64.7 Å². The molecule has 0 radical (unpaired) electrons. The molecule has 0 rings (SSSR count). The summed E-state index contributed by atoms with van der Waals surface area (Å²) in [6, 6.07) is 0. The number of unbranched alkanes of at least 4 members (excludes halogenated alkanes) is 5. The zero-order chi connectivity index (χ0) is 13.1. The average molecular weight is 262 g/mol. The molecule has 0 spiro atoms. The van der Waals surface area contributed by atoms with E-state index in [2.05, 4.69) is 6.92 Å². The highest BCUT2D eigenvalue weighted by atomic mass is 32.2. The van der Waals surface area contributed by atoms with Crippen molar-refractivity contribution in [2.24, 2.45) is 0 Å². The van der Waals surface area contributed by atoms with E-state index < -0.39 is 9.84 Å². The molecule has 0 aliphatic heterocycles. The molecule has 0 unspecified atom stereocenters. The Morgan fingerprint density at radius 1 is 0.882 bits per heavy atom. The third-order valence-corrected chi connectivity index (χ3v) is 3.81. The maximum absolute atomic E-state index is 11.4. The third kappa shape index (κ3) is 13.6. The maximum atomic E-state index is 11.4. The second-order valence-electron chi connectivity index (χ2n) is 4.79. The Morgan fingerprint density at radius 3 is 2.00 bits per heavy atom. The summed E-state index contributed by atoms with van der Waals surface area (Å²) in [7, 11) is -2.91. The Labute approximate surface area is 106 Å². The number of hydrogen-bond acceptors (Lipinski definition) is 3. The van der Waals surface area contributed by atoms with Crippen LogP contribution in [0.5, 0.6) is 0 Å². The van der Waals surface area contributed by atoms with Gasteiger partial charge < -0.3 is 0 Å². The molecule has 0 saturated heterocycles. The molecule has 0 fully saturated rings. The fourth-order valence-corrected chi connectivity index (χ4v) is 2.43. The lowest BCUT2D eigenvalue weighted by Gasteiger charge is -2.01. The highest BCUT2D eigenvalue weighted by Crippen LogP contribution is 2.08. The number of carbonyl (C=O) groups is 1. The first kappa shape index (κ1) is 16.6. The lowest BCUT2D eigenvalue weighted by Crippen LogP contribution is -2.06. The van der Waals surface area contributed by atoms with Gasteiger partial charge in [0.05, 0.1) is 5.75 Å². The van der Waals surface area contributed by atoms with Gasteiger partial charge in [-0.2, -0.15) is 0 Å². The van der Waals surface area contributed by atoms with Crippen LogP contribution in [-0.2, 0) is 14.6 Å². The van der Waals surface area contributed by atoms with Crippen LogP contribution >= 0.6 is 0 Å². The number of rotatable bonds is 11. The first-order chi connectivity index (χ1) is 7.95. The molecule has 0 heterocycles. The molecule has 0 aliphatic rings. The van der Waals surface area contributed by atoms with Gasteiger partial charge in [-0.15, -0.1) is 0 Å². The van der Waals surface area contributed by atoms with Gasteiger partial charge in [0.25, 0.3) is 0 Å². The lowest BCUT2D eigenvalue weighted by molar-refractivity contribution is -0.119. The van der Waals surface area contributed by atoms with Gasteiger partial charge in [-0.05, 0) is 12.8 Å². The minimum Gasteiger partial charge on any atom is -0.300 e. The predicted octanol–water partition coefficient (Wildman–Crippen LogP) is 3.13. The molecular weight excluding hydrogens is 236 g/mol. The molecule has 0 aliphatic carbocycles. The Kier molecular flexibility index (Phi) is 9.41. The number of Topliss-reactive ketones (excluding diaryl/α,β-unsaturated/α-hetero) is 1. The zero-order valence-electron chi connectivity index (χ0n) is 11.2. The topological polar surface area (TPSA) is 51.2 Å². The Hall–Kier alpha value is -0.380. The molecule has 0 aromatic heterocycles. The van der Waals surface area contributed by atoms with Crippen molar-refractivity contribution in [2.45, 2.75) is 64.7 Å². The third-order valence-electron chi connectivity index (χ3n) is 2.78. The zero-order valence-corrected chi connectivity index (χ0v) is 12.0. The van der Waals surface area contributed by atoms with Crippen molar-refractivity contribution in [3.63, 3.8) is 0 Å². The van der Waals surface area contributed by atoms with Crippen molar-refractivity contribution in [2.75, 3.05) is 12.0 Å². The summed E-state index contributed by atoms with van der Waals surface area (Å²) in [5.74, 6) is 0.346. The average Bonchev–Trinajstić information content (AvgIpc) is 2.21. The summed E-state index contributed by atoms with van der Waals surface area (Å²) < 4.78 is 21.7. The van der Waals surface area contributed by atoms with Crippen LogP contribution in [0.15, 0.2) is 0 Å². The minimum atomic E-state index is -2.91. The molecule has 0 saturated carbocycles. The molecule has 0 atom stereocenters. The summed E-state index contributed by atoms with van der Waals surface area (Å²) in [6.07, 6.45) is 9.81. The predicted molar refractivity (Wildman–Crippen MR) is 71.9 cm³/mol. The van der Waals surface area contributed by atoms with Gasteiger partial charge in [0.15, 0.2) is 0 Å².